The second-order valence-corrected chi connectivity index (χ2v) is 9.08. The number of aliphatic hydroxyl groups excluding tert-OH is 4. The van der Waals surface area contributed by atoms with Crippen LogP contribution < -0.4 is 0 Å². The van der Waals surface area contributed by atoms with E-state index in [1.165, 1.54) is 5.57 Å². The fourth-order valence-electron chi connectivity index (χ4n) is 6.62. The average Bonchev–Trinajstić information content (AvgIpc) is 2.73. The number of hydrogen-bond acceptors (Lipinski definition) is 4. The van der Waals surface area contributed by atoms with Crippen LogP contribution in [0.3, 0.4) is 0 Å². The predicted molar refractivity (Wildman–Crippen MR) is 86.5 cm³/mol. The largest absolute Gasteiger partial charge is 0.393 e. The van der Waals surface area contributed by atoms with Crippen LogP contribution in [0.1, 0.15) is 52.4 Å². The highest BCUT2D eigenvalue weighted by molar-refractivity contribution is 5.28. The summed E-state index contributed by atoms with van der Waals surface area (Å²) in [4.78, 5) is 0. The Kier molecular flexibility index (Phi) is 3.52. The van der Waals surface area contributed by atoms with Crippen molar-refractivity contribution < 1.29 is 20.4 Å². The Balaban J connectivity index is 1.73. The van der Waals surface area contributed by atoms with E-state index in [2.05, 4.69) is 13.8 Å². The predicted octanol–water partition coefficient (Wildman–Crippen LogP) is 1.61. The van der Waals surface area contributed by atoms with E-state index in [0.29, 0.717) is 18.8 Å². The fourth-order valence-corrected chi connectivity index (χ4v) is 6.62. The highest BCUT2D eigenvalue weighted by atomic mass is 16.3. The summed E-state index contributed by atoms with van der Waals surface area (Å²) in [5.74, 6) is 0.674. The van der Waals surface area contributed by atoms with Gasteiger partial charge in [0.2, 0.25) is 0 Å². The van der Waals surface area contributed by atoms with Crippen LogP contribution in [-0.4, -0.2) is 44.8 Å². The smallest absolute Gasteiger partial charge is 0.0855 e. The van der Waals surface area contributed by atoms with Crippen molar-refractivity contribution in [3.8, 4) is 0 Å². The maximum atomic E-state index is 10.9. The molecule has 0 aromatic carbocycles. The molecule has 4 nitrogen and oxygen atoms in total. The first-order valence-electron chi connectivity index (χ1n) is 9.21. The molecule has 9 atom stereocenters. The Hall–Kier alpha value is -0.420. The van der Waals surface area contributed by atoms with Gasteiger partial charge in [-0.05, 0) is 67.1 Å². The highest BCUT2D eigenvalue weighted by Crippen LogP contribution is 2.64. The molecule has 4 N–H and O–H groups in total. The number of fused-ring (bicyclic) bond motifs is 5. The molecule has 0 amide bonds. The second-order valence-electron chi connectivity index (χ2n) is 9.08. The van der Waals surface area contributed by atoms with Gasteiger partial charge >= 0.3 is 0 Å². The van der Waals surface area contributed by atoms with Crippen LogP contribution in [0.5, 0.6) is 0 Å². The van der Waals surface area contributed by atoms with Gasteiger partial charge in [0.15, 0.2) is 0 Å². The minimum absolute atomic E-state index is 0.0585. The Morgan fingerprint density at radius 2 is 1.74 bits per heavy atom. The third-order valence-corrected chi connectivity index (χ3v) is 8.08. The molecule has 0 spiro atoms. The Morgan fingerprint density at radius 1 is 1.00 bits per heavy atom. The van der Waals surface area contributed by atoms with Crippen molar-refractivity contribution in [2.24, 2.45) is 28.6 Å². The van der Waals surface area contributed by atoms with E-state index in [9.17, 15) is 20.4 Å². The molecule has 4 heteroatoms. The average molecular weight is 322 g/mol. The molecule has 0 aliphatic heterocycles. The molecule has 4 aliphatic carbocycles. The summed E-state index contributed by atoms with van der Waals surface area (Å²) in [7, 11) is 0. The third kappa shape index (κ3) is 2.05. The molecule has 0 radical (unpaired) electrons. The molecule has 4 aliphatic rings. The second kappa shape index (κ2) is 5.04. The van der Waals surface area contributed by atoms with Crippen molar-refractivity contribution in [1.29, 1.82) is 0 Å². The standard InChI is InChI=1S/C19H30O4/c1-18-5-3-11(20)7-10(18)8-14(21)16-12(18)4-6-19(2)13(16)9-15(22)17(19)23/h8,11-17,20-23H,3-7,9H2,1-2H3/t11-,12?,13?,14-,15-,16?,17+,18+,19+/m1/s1. The van der Waals surface area contributed by atoms with Crippen LogP contribution in [-0.2, 0) is 0 Å². The van der Waals surface area contributed by atoms with Gasteiger partial charge in [-0.1, -0.05) is 25.5 Å². The van der Waals surface area contributed by atoms with E-state index < -0.39 is 18.3 Å². The molecule has 0 heterocycles. The van der Waals surface area contributed by atoms with Crippen LogP contribution in [0.25, 0.3) is 0 Å². The fraction of sp³-hybridized carbons (Fsp3) is 0.895. The zero-order chi connectivity index (χ0) is 16.6. The van der Waals surface area contributed by atoms with Gasteiger partial charge in [0.1, 0.15) is 0 Å². The first-order chi connectivity index (χ1) is 10.8. The van der Waals surface area contributed by atoms with Gasteiger partial charge in [-0.3, -0.25) is 0 Å². The third-order valence-electron chi connectivity index (χ3n) is 8.08. The molecule has 0 aromatic rings. The molecule has 0 saturated heterocycles. The Labute approximate surface area is 138 Å². The summed E-state index contributed by atoms with van der Waals surface area (Å²) >= 11 is 0. The van der Waals surface area contributed by atoms with E-state index >= 15 is 0 Å². The van der Waals surface area contributed by atoms with E-state index in [4.69, 9.17) is 0 Å². The highest BCUT2D eigenvalue weighted by Gasteiger charge is 2.62. The summed E-state index contributed by atoms with van der Waals surface area (Å²) in [5, 5.41) is 41.6. The van der Waals surface area contributed by atoms with Crippen molar-refractivity contribution in [2.75, 3.05) is 0 Å². The van der Waals surface area contributed by atoms with Gasteiger partial charge in [0, 0.05) is 0 Å². The number of aliphatic hydroxyl groups is 4. The molecule has 23 heavy (non-hydrogen) atoms. The maximum Gasteiger partial charge on any atom is 0.0855 e. The molecule has 0 bridgehead atoms. The summed E-state index contributed by atoms with van der Waals surface area (Å²) in [6.45, 7) is 4.40. The van der Waals surface area contributed by atoms with Crippen LogP contribution in [0.15, 0.2) is 11.6 Å². The van der Waals surface area contributed by atoms with Crippen molar-refractivity contribution in [1.82, 2.24) is 0 Å². The molecule has 4 rings (SSSR count). The van der Waals surface area contributed by atoms with Crippen molar-refractivity contribution >= 4 is 0 Å². The SMILES string of the molecule is C[C@]12CC[C@@H](O)CC1=C[C@@H](O)C1C2CC[C@@]2(C)C1C[C@@H](O)[C@@H]2O. The number of hydrogen-bond donors (Lipinski definition) is 4. The number of rotatable bonds is 0. The van der Waals surface area contributed by atoms with Gasteiger partial charge < -0.3 is 20.4 Å². The zero-order valence-corrected chi connectivity index (χ0v) is 14.2. The minimum atomic E-state index is -0.674. The van der Waals surface area contributed by atoms with Gasteiger partial charge in [-0.25, -0.2) is 0 Å². The zero-order valence-electron chi connectivity index (χ0n) is 14.2. The first kappa shape index (κ1) is 16.1. The topological polar surface area (TPSA) is 80.9 Å². The van der Waals surface area contributed by atoms with Gasteiger partial charge in [-0.2, -0.15) is 0 Å². The van der Waals surface area contributed by atoms with E-state index in [1.807, 2.05) is 6.08 Å². The summed E-state index contributed by atoms with van der Waals surface area (Å²) < 4.78 is 0. The lowest BCUT2D eigenvalue weighted by atomic mass is 9.47. The molecule has 3 unspecified atom stereocenters. The maximum absolute atomic E-state index is 10.9. The molecule has 0 aromatic heterocycles. The van der Waals surface area contributed by atoms with Crippen molar-refractivity contribution in [3.05, 3.63) is 11.6 Å². The van der Waals surface area contributed by atoms with Crippen molar-refractivity contribution in [2.45, 2.75) is 76.8 Å². The summed E-state index contributed by atoms with van der Waals surface area (Å²) in [6, 6.07) is 0. The molecule has 130 valence electrons. The molecular formula is C19H30O4. The van der Waals surface area contributed by atoms with Crippen molar-refractivity contribution in [3.63, 3.8) is 0 Å². The van der Waals surface area contributed by atoms with Crippen LogP contribution in [0, 0.1) is 28.6 Å². The van der Waals surface area contributed by atoms with Gasteiger partial charge in [0.25, 0.3) is 0 Å². The summed E-state index contributed by atoms with van der Waals surface area (Å²) in [5.41, 5.74) is 1.01. The first-order valence-corrected chi connectivity index (χ1v) is 9.21. The Bertz CT molecular complexity index is 531. The molecular weight excluding hydrogens is 292 g/mol. The van der Waals surface area contributed by atoms with Gasteiger partial charge in [-0.15, -0.1) is 0 Å². The lowest BCUT2D eigenvalue weighted by Gasteiger charge is -2.58. The van der Waals surface area contributed by atoms with E-state index in [-0.39, 0.29) is 28.8 Å². The lowest BCUT2D eigenvalue weighted by Crippen LogP contribution is -2.55. The van der Waals surface area contributed by atoms with Crippen LogP contribution >= 0.6 is 0 Å². The van der Waals surface area contributed by atoms with Crippen LogP contribution in [0.2, 0.25) is 0 Å². The quantitative estimate of drug-likeness (QED) is 0.511. The van der Waals surface area contributed by atoms with E-state index in [0.717, 1.165) is 25.7 Å². The molecule has 3 saturated carbocycles. The van der Waals surface area contributed by atoms with Crippen LogP contribution in [0.4, 0.5) is 0 Å². The van der Waals surface area contributed by atoms with E-state index in [1.54, 1.807) is 0 Å². The normalized spacial score (nSPS) is 58.9. The summed E-state index contributed by atoms with van der Waals surface area (Å²) in [6.07, 6.45) is 4.85. The Morgan fingerprint density at radius 3 is 2.48 bits per heavy atom. The molecule has 3 fully saturated rings. The lowest BCUT2D eigenvalue weighted by molar-refractivity contribution is -0.110. The minimum Gasteiger partial charge on any atom is -0.393 e. The monoisotopic (exact) mass is 322 g/mol. The van der Waals surface area contributed by atoms with Gasteiger partial charge in [0.05, 0.1) is 24.4 Å².